The summed E-state index contributed by atoms with van der Waals surface area (Å²) in [5, 5.41) is 0.462. The van der Waals surface area contributed by atoms with E-state index in [0.717, 1.165) is 6.20 Å². The van der Waals surface area contributed by atoms with Crippen LogP contribution in [-0.2, 0) is 6.61 Å². The minimum atomic E-state index is -0.398. The molecule has 2 N–H and O–H groups in total. The Kier molecular flexibility index (Phi) is 3.44. The molecule has 88 valence electrons. The Labute approximate surface area is 103 Å². The molecule has 1 aromatic carbocycles. The van der Waals surface area contributed by atoms with Crippen molar-refractivity contribution in [3.05, 3.63) is 53.1 Å². The number of nitrogens with zero attached hydrogens (tertiary/aromatic N) is 1. The number of rotatable bonds is 3. The van der Waals surface area contributed by atoms with Gasteiger partial charge in [0.1, 0.15) is 18.2 Å². The first-order valence-corrected chi connectivity index (χ1v) is 5.30. The molecule has 0 aliphatic carbocycles. The Morgan fingerprint density at radius 2 is 2.12 bits per heavy atom. The van der Waals surface area contributed by atoms with Crippen LogP contribution in [0.3, 0.4) is 0 Å². The van der Waals surface area contributed by atoms with Gasteiger partial charge in [0.15, 0.2) is 0 Å². The van der Waals surface area contributed by atoms with Crippen LogP contribution in [0.2, 0.25) is 5.02 Å². The summed E-state index contributed by atoms with van der Waals surface area (Å²) < 4.78 is 18.3. The lowest BCUT2D eigenvalue weighted by Gasteiger charge is -2.08. The first-order chi connectivity index (χ1) is 8.15. The van der Waals surface area contributed by atoms with Gasteiger partial charge >= 0.3 is 0 Å². The van der Waals surface area contributed by atoms with Crippen molar-refractivity contribution < 1.29 is 9.13 Å². The van der Waals surface area contributed by atoms with Crippen molar-refractivity contribution in [1.82, 2.24) is 4.98 Å². The van der Waals surface area contributed by atoms with E-state index in [1.807, 2.05) is 0 Å². The average molecular weight is 253 g/mol. The van der Waals surface area contributed by atoms with Crippen LogP contribution in [0.15, 0.2) is 36.7 Å². The van der Waals surface area contributed by atoms with Crippen LogP contribution in [-0.4, -0.2) is 4.98 Å². The first kappa shape index (κ1) is 11.7. The zero-order valence-corrected chi connectivity index (χ0v) is 9.62. The Hall–Kier alpha value is -1.81. The van der Waals surface area contributed by atoms with Gasteiger partial charge in [-0.05, 0) is 18.2 Å². The van der Waals surface area contributed by atoms with Gasteiger partial charge in [-0.25, -0.2) is 4.39 Å². The number of benzene rings is 1. The molecule has 5 heteroatoms. The highest BCUT2D eigenvalue weighted by Gasteiger charge is 2.03. The van der Waals surface area contributed by atoms with Crippen LogP contribution in [0.5, 0.6) is 5.75 Å². The van der Waals surface area contributed by atoms with Crippen molar-refractivity contribution in [2.45, 2.75) is 6.61 Å². The van der Waals surface area contributed by atoms with Gasteiger partial charge in [0.05, 0.1) is 11.2 Å². The molecule has 0 spiro atoms. The third kappa shape index (κ3) is 3.07. The van der Waals surface area contributed by atoms with Crippen molar-refractivity contribution >= 4 is 17.3 Å². The van der Waals surface area contributed by atoms with E-state index in [0.29, 0.717) is 22.0 Å². The number of halogens is 2. The van der Waals surface area contributed by atoms with Crippen molar-refractivity contribution in [2.75, 3.05) is 5.73 Å². The Morgan fingerprint density at radius 3 is 2.88 bits per heavy atom. The summed E-state index contributed by atoms with van der Waals surface area (Å²) in [5.74, 6) is 0.0701. The fourth-order valence-electron chi connectivity index (χ4n) is 1.33. The molecule has 0 saturated carbocycles. The summed E-state index contributed by atoms with van der Waals surface area (Å²) in [6, 6.07) is 6.30. The minimum absolute atomic E-state index is 0.188. The number of ether oxygens (including phenoxy) is 1. The van der Waals surface area contributed by atoms with Crippen LogP contribution in [0.4, 0.5) is 10.1 Å². The number of nitrogens with two attached hydrogens (primary N) is 1. The second kappa shape index (κ2) is 5.01. The molecular formula is C12H10ClFN2O. The molecule has 17 heavy (non-hydrogen) atoms. The largest absolute Gasteiger partial charge is 0.487 e. The van der Waals surface area contributed by atoms with E-state index in [1.54, 1.807) is 18.2 Å². The zero-order valence-electron chi connectivity index (χ0n) is 8.86. The quantitative estimate of drug-likeness (QED) is 0.854. The van der Waals surface area contributed by atoms with E-state index in [-0.39, 0.29) is 6.61 Å². The molecule has 1 aromatic heterocycles. The maximum Gasteiger partial charge on any atom is 0.141 e. The average Bonchev–Trinajstić information content (AvgIpc) is 2.30. The van der Waals surface area contributed by atoms with E-state index in [2.05, 4.69) is 4.98 Å². The van der Waals surface area contributed by atoms with Gasteiger partial charge in [0.2, 0.25) is 0 Å². The summed E-state index contributed by atoms with van der Waals surface area (Å²) in [6.07, 6.45) is 2.67. The molecule has 0 unspecified atom stereocenters. The van der Waals surface area contributed by atoms with E-state index >= 15 is 0 Å². The Morgan fingerprint density at radius 1 is 1.29 bits per heavy atom. The summed E-state index contributed by atoms with van der Waals surface area (Å²) in [4.78, 5) is 3.72. The highest BCUT2D eigenvalue weighted by atomic mass is 35.5. The lowest BCUT2D eigenvalue weighted by Crippen LogP contribution is -1.98. The Balaban J connectivity index is 2.09. The summed E-state index contributed by atoms with van der Waals surface area (Å²) in [5.41, 5.74) is 6.79. The topological polar surface area (TPSA) is 48.1 Å². The lowest BCUT2D eigenvalue weighted by atomic mass is 10.3. The van der Waals surface area contributed by atoms with E-state index in [4.69, 9.17) is 22.1 Å². The van der Waals surface area contributed by atoms with Crippen molar-refractivity contribution in [1.29, 1.82) is 0 Å². The molecule has 3 nitrogen and oxygen atoms in total. The number of pyridine rings is 1. The molecule has 0 atom stereocenters. The minimum Gasteiger partial charge on any atom is -0.487 e. The van der Waals surface area contributed by atoms with Gasteiger partial charge in [0.25, 0.3) is 0 Å². The molecule has 1 heterocycles. The summed E-state index contributed by atoms with van der Waals surface area (Å²) in [7, 11) is 0. The molecule has 0 aliphatic rings. The van der Waals surface area contributed by atoms with Gasteiger partial charge in [0, 0.05) is 23.5 Å². The van der Waals surface area contributed by atoms with Crippen molar-refractivity contribution in [3.63, 3.8) is 0 Å². The van der Waals surface area contributed by atoms with Gasteiger partial charge < -0.3 is 10.5 Å². The van der Waals surface area contributed by atoms with E-state index in [1.165, 1.54) is 12.3 Å². The van der Waals surface area contributed by atoms with Gasteiger partial charge in [-0.2, -0.15) is 0 Å². The third-order valence-electron chi connectivity index (χ3n) is 2.11. The SMILES string of the molecule is Nc1ccc(Cl)c(OCc2cncc(F)c2)c1. The molecule has 0 saturated heterocycles. The van der Waals surface area contributed by atoms with Crippen LogP contribution in [0, 0.1) is 5.82 Å². The maximum atomic E-state index is 12.9. The molecular weight excluding hydrogens is 243 g/mol. The second-order valence-electron chi connectivity index (χ2n) is 3.49. The normalized spacial score (nSPS) is 10.2. The molecule has 2 aromatic rings. The van der Waals surface area contributed by atoms with Crippen LogP contribution < -0.4 is 10.5 Å². The van der Waals surface area contributed by atoms with Crippen LogP contribution >= 0.6 is 11.6 Å². The van der Waals surface area contributed by atoms with Crippen molar-refractivity contribution in [3.8, 4) is 5.75 Å². The number of hydrogen-bond acceptors (Lipinski definition) is 3. The maximum absolute atomic E-state index is 12.9. The van der Waals surface area contributed by atoms with E-state index < -0.39 is 5.82 Å². The summed E-state index contributed by atoms with van der Waals surface area (Å²) in [6.45, 7) is 0.188. The zero-order chi connectivity index (χ0) is 12.3. The fourth-order valence-corrected chi connectivity index (χ4v) is 1.50. The monoisotopic (exact) mass is 252 g/mol. The number of nitrogen functional groups attached to an aromatic ring is 1. The second-order valence-corrected chi connectivity index (χ2v) is 3.90. The van der Waals surface area contributed by atoms with E-state index in [9.17, 15) is 4.39 Å². The predicted octanol–water partition coefficient (Wildman–Crippen LogP) is 3.04. The van der Waals surface area contributed by atoms with Gasteiger partial charge in [-0.15, -0.1) is 0 Å². The fraction of sp³-hybridized carbons (Fsp3) is 0.0833. The van der Waals surface area contributed by atoms with Crippen molar-refractivity contribution in [2.24, 2.45) is 0 Å². The first-order valence-electron chi connectivity index (χ1n) is 4.92. The number of aromatic nitrogens is 1. The summed E-state index contributed by atoms with van der Waals surface area (Å²) >= 11 is 5.92. The lowest BCUT2D eigenvalue weighted by molar-refractivity contribution is 0.305. The number of hydrogen-bond donors (Lipinski definition) is 1. The van der Waals surface area contributed by atoms with Crippen LogP contribution in [0.25, 0.3) is 0 Å². The molecule has 0 radical (unpaired) electrons. The predicted molar refractivity (Wildman–Crippen MR) is 64.4 cm³/mol. The van der Waals surface area contributed by atoms with Crippen LogP contribution in [0.1, 0.15) is 5.56 Å². The molecule has 0 fully saturated rings. The smallest absolute Gasteiger partial charge is 0.141 e. The molecule has 0 bridgehead atoms. The van der Waals surface area contributed by atoms with Gasteiger partial charge in [-0.3, -0.25) is 4.98 Å². The third-order valence-corrected chi connectivity index (χ3v) is 2.42. The highest BCUT2D eigenvalue weighted by Crippen LogP contribution is 2.27. The Bertz CT molecular complexity index is 534. The molecule has 0 aliphatic heterocycles. The van der Waals surface area contributed by atoms with Gasteiger partial charge in [-0.1, -0.05) is 11.6 Å². The standard InChI is InChI=1S/C12H10ClFN2O/c13-11-2-1-10(15)4-12(11)17-7-8-3-9(14)6-16-5-8/h1-6H,7,15H2. The number of anilines is 1. The molecule has 0 amide bonds. The highest BCUT2D eigenvalue weighted by molar-refractivity contribution is 6.32. The molecule has 2 rings (SSSR count).